The first-order valence-corrected chi connectivity index (χ1v) is 8.15. The van der Waals surface area contributed by atoms with Gasteiger partial charge in [-0.05, 0) is 39.2 Å². The normalized spacial score (nSPS) is 23.7. The standard InChI is InChI=1S/C15H25N5O/c1-2-20-14(16-12-17-20)11-18-7-5-6-13(10-18)15(21)19-8-3-4-9-19/h12-13H,2-11H2,1H3. The molecule has 0 spiro atoms. The van der Waals surface area contributed by atoms with E-state index in [1.54, 1.807) is 6.33 Å². The van der Waals surface area contributed by atoms with Crippen molar-refractivity contribution in [3.05, 3.63) is 12.2 Å². The summed E-state index contributed by atoms with van der Waals surface area (Å²) >= 11 is 0. The van der Waals surface area contributed by atoms with E-state index in [1.165, 1.54) is 12.8 Å². The predicted octanol–water partition coefficient (Wildman–Crippen LogP) is 1.13. The molecule has 1 aromatic rings. The first-order valence-electron chi connectivity index (χ1n) is 8.15. The number of carbonyl (C=O) groups excluding carboxylic acids is 1. The maximum Gasteiger partial charge on any atom is 0.226 e. The van der Waals surface area contributed by atoms with Crippen LogP contribution in [0.15, 0.2) is 6.33 Å². The number of aromatic nitrogens is 3. The Morgan fingerprint density at radius 3 is 2.86 bits per heavy atom. The fourth-order valence-corrected chi connectivity index (χ4v) is 3.47. The van der Waals surface area contributed by atoms with E-state index in [2.05, 4.69) is 26.8 Å². The summed E-state index contributed by atoms with van der Waals surface area (Å²) in [7, 11) is 0. The average molecular weight is 291 g/mol. The Morgan fingerprint density at radius 2 is 2.10 bits per heavy atom. The summed E-state index contributed by atoms with van der Waals surface area (Å²) < 4.78 is 1.94. The minimum absolute atomic E-state index is 0.176. The van der Waals surface area contributed by atoms with E-state index in [9.17, 15) is 4.79 Å². The fraction of sp³-hybridized carbons (Fsp3) is 0.800. The molecule has 0 saturated carbocycles. The lowest BCUT2D eigenvalue weighted by atomic mass is 9.96. The zero-order chi connectivity index (χ0) is 14.7. The first-order chi connectivity index (χ1) is 10.3. The zero-order valence-electron chi connectivity index (χ0n) is 12.9. The van der Waals surface area contributed by atoms with Crippen LogP contribution in [0, 0.1) is 5.92 Å². The molecule has 3 rings (SSSR count). The Balaban J connectivity index is 1.59. The molecule has 6 heteroatoms. The zero-order valence-corrected chi connectivity index (χ0v) is 12.9. The van der Waals surface area contributed by atoms with Crippen molar-refractivity contribution in [3.8, 4) is 0 Å². The van der Waals surface area contributed by atoms with E-state index in [4.69, 9.17) is 0 Å². The summed E-state index contributed by atoms with van der Waals surface area (Å²) in [5, 5.41) is 4.22. The molecule has 1 atom stereocenters. The van der Waals surface area contributed by atoms with Crippen molar-refractivity contribution in [3.63, 3.8) is 0 Å². The number of hydrogen-bond acceptors (Lipinski definition) is 4. The molecule has 0 radical (unpaired) electrons. The summed E-state index contributed by atoms with van der Waals surface area (Å²) in [6.07, 6.45) is 6.09. The van der Waals surface area contributed by atoms with Crippen molar-refractivity contribution in [2.45, 2.75) is 45.7 Å². The van der Waals surface area contributed by atoms with Crippen molar-refractivity contribution < 1.29 is 4.79 Å². The minimum atomic E-state index is 0.176. The molecule has 2 aliphatic rings. The molecule has 0 aromatic carbocycles. The van der Waals surface area contributed by atoms with Crippen LogP contribution in [0.1, 0.15) is 38.4 Å². The van der Waals surface area contributed by atoms with Gasteiger partial charge in [0.15, 0.2) is 0 Å². The molecule has 2 saturated heterocycles. The van der Waals surface area contributed by atoms with Gasteiger partial charge in [0.2, 0.25) is 5.91 Å². The molecule has 3 heterocycles. The van der Waals surface area contributed by atoms with Crippen LogP contribution in [-0.4, -0.2) is 56.7 Å². The fourth-order valence-electron chi connectivity index (χ4n) is 3.47. The summed E-state index contributed by atoms with van der Waals surface area (Å²) in [4.78, 5) is 21.3. The van der Waals surface area contributed by atoms with Gasteiger partial charge in [0.25, 0.3) is 0 Å². The topological polar surface area (TPSA) is 54.3 Å². The van der Waals surface area contributed by atoms with Crippen LogP contribution in [-0.2, 0) is 17.9 Å². The van der Waals surface area contributed by atoms with Crippen LogP contribution in [0.25, 0.3) is 0 Å². The van der Waals surface area contributed by atoms with Crippen molar-refractivity contribution >= 4 is 5.91 Å². The number of rotatable bonds is 4. The molecule has 0 aliphatic carbocycles. The molecule has 1 unspecified atom stereocenters. The Hall–Kier alpha value is -1.43. The van der Waals surface area contributed by atoms with Crippen molar-refractivity contribution in [1.82, 2.24) is 24.6 Å². The van der Waals surface area contributed by atoms with E-state index in [0.29, 0.717) is 5.91 Å². The number of nitrogens with zero attached hydrogens (tertiary/aromatic N) is 5. The molecule has 1 amide bonds. The largest absolute Gasteiger partial charge is 0.342 e. The van der Waals surface area contributed by atoms with Crippen LogP contribution < -0.4 is 0 Å². The van der Waals surface area contributed by atoms with E-state index in [1.807, 2.05) is 4.68 Å². The van der Waals surface area contributed by atoms with E-state index in [-0.39, 0.29) is 5.92 Å². The van der Waals surface area contributed by atoms with Gasteiger partial charge in [-0.3, -0.25) is 9.69 Å². The van der Waals surface area contributed by atoms with Gasteiger partial charge < -0.3 is 4.90 Å². The quantitative estimate of drug-likeness (QED) is 0.834. The average Bonchev–Trinajstić information content (AvgIpc) is 3.18. The van der Waals surface area contributed by atoms with Crippen molar-refractivity contribution in [1.29, 1.82) is 0 Å². The van der Waals surface area contributed by atoms with Crippen LogP contribution >= 0.6 is 0 Å². The third-order valence-electron chi connectivity index (χ3n) is 4.63. The van der Waals surface area contributed by atoms with Gasteiger partial charge in [0.1, 0.15) is 12.2 Å². The number of likely N-dealkylation sites (tertiary alicyclic amines) is 2. The number of piperidine rings is 1. The lowest BCUT2D eigenvalue weighted by Gasteiger charge is -2.33. The molecule has 6 nitrogen and oxygen atoms in total. The predicted molar refractivity (Wildman–Crippen MR) is 79.5 cm³/mol. The van der Waals surface area contributed by atoms with Gasteiger partial charge in [-0.2, -0.15) is 5.10 Å². The summed E-state index contributed by atoms with van der Waals surface area (Å²) in [6.45, 7) is 7.57. The van der Waals surface area contributed by atoms with E-state index in [0.717, 1.165) is 57.9 Å². The molecule has 0 N–H and O–H groups in total. The lowest BCUT2D eigenvalue weighted by molar-refractivity contribution is -0.136. The van der Waals surface area contributed by atoms with E-state index < -0.39 is 0 Å². The molecular weight excluding hydrogens is 266 g/mol. The number of amides is 1. The highest BCUT2D eigenvalue weighted by atomic mass is 16.2. The highest BCUT2D eigenvalue weighted by Crippen LogP contribution is 2.22. The first kappa shape index (κ1) is 14.5. The molecule has 1 aromatic heterocycles. The summed E-state index contributed by atoms with van der Waals surface area (Å²) in [6, 6.07) is 0. The van der Waals surface area contributed by atoms with Crippen LogP contribution in [0.3, 0.4) is 0 Å². The van der Waals surface area contributed by atoms with Gasteiger partial charge in [-0.1, -0.05) is 0 Å². The second-order valence-electron chi connectivity index (χ2n) is 6.10. The molecule has 21 heavy (non-hydrogen) atoms. The van der Waals surface area contributed by atoms with Crippen molar-refractivity contribution in [2.75, 3.05) is 26.2 Å². The Bertz CT molecular complexity index is 480. The SMILES string of the molecule is CCn1ncnc1CN1CCCC(C(=O)N2CCCC2)C1. The van der Waals surface area contributed by atoms with Crippen molar-refractivity contribution in [2.24, 2.45) is 5.92 Å². The summed E-state index contributed by atoms with van der Waals surface area (Å²) in [5.74, 6) is 1.55. The highest BCUT2D eigenvalue weighted by Gasteiger charge is 2.30. The minimum Gasteiger partial charge on any atom is -0.342 e. The second kappa shape index (κ2) is 6.56. The Kier molecular flexibility index (Phi) is 4.53. The van der Waals surface area contributed by atoms with Crippen LogP contribution in [0.4, 0.5) is 0 Å². The van der Waals surface area contributed by atoms with Gasteiger partial charge in [-0.15, -0.1) is 0 Å². The van der Waals surface area contributed by atoms with Crippen LogP contribution in [0.2, 0.25) is 0 Å². The molecule has 116 valence electrons. The maximum atomic E-state index is 12.5. The maximum absolute atomic E-state index is 12.5. The Morgan fingerprint density at radius 1 is 1.29 bits per heavy atom. The van der Waals surface area contributed by atoms with Crippen LogP contribution in [0.5, 0.6) is 0 Å². The van der Waals surface area contributed by atoms with E-state index >= 15 is 0 Å². The molecule has 2 aliphatic heterocycles. The second-order valence-corrected chi connectivity index (χ2v) is 6.10. The summed E-state index contributed by atoms with van der Waals surface area (Å²) in [5.41, 5.74) is 0. The third-order valence-corrected chi connectivity index (χ3v) is 4.63. The van der Waals surface area contributed by atoms with Gasteiger partial charge >= 0.3 is 0 Å². The number of aryl methyl sites for hydroxylation is 1. The number of carbonyl (C=O) groups is 1. The van der Waals surface area contributed by atoms with Gasteiger partial charge in [-0.25, -0.2) is 9.67 Å². The molecule has 2 fully saturated rings. The third kappa shape index (κ3) is 3.26. The highest BCUT2D eigenvalue weighted by molar-refractivity contribution is 5.79. The smallest absolute Gasteiger partial charge is 0.226 e. The van der Waals surface area contributed by atoms with Gasteiger partial charge in [0.05, 0.1) is 12.5 Å². The monoisotopic (exact) mass is 291 g/mol. The number of hydrogen-bond donors (Lipinski definition) is 0. The molecular formula is C15H25N5O. The molecule has 0 bridgehead atoms. The lowest BCUT2D eigenvalue weighted by Crippen LogP contribution is -2.44. The Labute approximate surface area is 126 Å². The van der Waals surface area contributed by atoms with Gasteiger partial charge in [0, 0.05) is 26.2 Å².